The number of amidine groups is 3. The van der Waals surface area contributed by atoms with Gasteiger partial charge in [-0.2, -0.15) is 9.39 Å². The number of nitro groups is 1. The lowest BCUT2D eigenvalue weighted by Crippen LogP contribution is -2.46. The van der Waals surface area contributed by atoms with Gasteiger partial charge in [0.15, 0.2) is 0 Å². The number of nitrogens with one attached hydrogen (secondary N) is 1. The Labute approximate surface area is 157 Å². The first-order valence-corrected chi connectivity index (χ1v) is 9.98. The van der Waals surface area contributed by atoms with Gasteiger partial charge >= 0.3 is 5.88 Å². The van der Waals surface area contributed by atoms with Gasteiger partial charge in [-0.25, -0.2) is 13.3 Å². The Morgan fingerprint density at radius 3 is 2.74 bits per heavy atom. The Kier molecular flexibility index (Phi) is 4.73. The molecule has 0 aliphatic carbocycles. The SMILES string of the molecule is CC(C)CS(=O)(=O)C1=NSC2=NC(=O)/C(=C\c3ccc([N+](=O)[O-])o3)C(=N)N21. The fourth-order valence-corrected chi connectivity index (χ4v) is 5.10. The minimum Gasteiger partial charge on any atom is -0.401 e. The molecule has 11 nitrogen and oxygen atoms in total. The molecule has 0 atom stereocenters. The fraction of sp³-hybridized carbons (Fsp3) is 0.286. The third kappa shape index (κ3) is 3.55. The first-order valence-electron chi connectivity index (χ1n) is 7.56. The Hall–Kier alpha value is -2.80. The van der Waals surface area contributed by atoms with Crippen LogP contribution in [0.25, 0.3) is 6.08 Å². The lowest BCUT2D eigenvalue weighted by molar-refractivity contribution is -0.402. The lowest BCUT2D eigenvalue weighted by atomic mass is 10.1. The van der Waals surface area contributed by atoms with Crippen LogP contribution in [0.15, 0.2) is 31.5 Å². The molecule has 0 saturated heterocycles. The van der Waals surface area contributed by atoms with E-state index in [2.05, 4.69) is 9.39 Å². The molecule has 1 N–H and O–H groups in total. The molecule has 0 radical (unpaired) electrons. The summed E-state index contributed by atoms with van der Waals surface area (Å²) in [5, 5.41) is 18.6. The lowest BCUT2D eigenvalue weighted by Gasteiger charge is -2.24. The maximum Gasteiger partial charge on any atom is 0.433 e. The van der Waals surface area contributed by atoms with E-state index in [4.69, 9.17) is 9.83 Å². The number of rotatable bonds is 4. The van der Waals surface area contributed by atoms with Crippen molar-refractivity contribution in [2.24, 2.45) is 15.3 Å². The molecule has 0 unspecified atom stereocenters. The topological polar surface area (TPSA) is 159 Å². The smallest absolute Gasteiger partial charge is 0.401 e. The van der Waals surface area contributed by atoms with Crippen LogP contribution in [-0.2, 0) is 14.6 Å². The second-order valence-corrected chi connectivity index (χ2v) is 8.67. The average molecular weight is 411 g/mol. The predicted octanol–water partition coefficient (Wildman–Crippen LogP) is 1.84. The Morgan fingerprint density at radius 2 is 2.15 bits per heavy atom. The standard InChI is InChI=1S/C14H13N5O6S2/c1-7(2)6-27(23,24)14-17-26-13-16-12(20)9(11(15)18(13)14)5-8-3-4-10(25-8)19(21)22/h3-5,7,15H,6H2,1-2H3/b9-5-,15-11?. The van der Waals surface area contributed by atoms with Crippen LogP contribution in [0.3, 0.4) is 0 Å². The van der Waals surface area contributed by atoms with Gasteiger partial charge in [0.2, 0.25) is 20.2 Å². The quantitative estimate of drug-likeness (QED) is 0.340. The van der Waals surface area contributed by atoms with Crippen molar-refractivity contribution in [1.82, 2.24) is 4.90 Å². The molecule has 142 valence electrons. The van der Waals surface area contributed by atoms with E-state index in [0.29, 0.717) is 11.9 Å². The van der Waals surface area contributed by atoms with Crippen LogP contribution in [0.4, 0.5) is 5.88 Å². The summed E-state index contributed by atoms with van der Waals surface area (Å²) >= 11 is 0.695. The summed E-state index contributed by atoms with van der Waals surface area (Å²) in [6, 6.07) is 2.36. The minimum atomic E-state index is -3.80. The number of carbonyl (C=O) groups is 1. The van der Waals surface area contributed by atoms with Crippen LogP contribution < -0.4 is 0 Å². The highest BCUT2D eigenvalue weighted by atomic mass is 32.2. The summed E-state index contributed by atoms with van der Waals surface area (Å²) in [6.45, 7) is 3.46. The third-order valence-electron chi connectivity index (χ3n) is 3.40. The molecule has 2 aliphatic heterocycles. The zero-order valence-corrected chi connectivity index (χ0v) is 15.7. The molecule has 2 aliphatic rings. The summed E-state index contributed by atoms with van der Waals surface area (Å²) in [5.41, 5.74) is -0.266. The van der Waals surface area contributed by atoms with Gasteiger partial charge in [0.05, 0.1) is 29.3 Å². The highest BCUT2D eigenvalue weighted by molar-refractivity contribution is 8.16. The van der Waals surface area contributed by atoms with Crippen LogP contribution in [0, 0.1) is 21.4 Å². The van der Waals surface area contributed by atoms with Crippen molar-refractivity contribution in [2.75, 3.05) is 5.75 Å². The number of amides is 1. The van der Waals surface area contributed by atoms with E-state index in [1.165, 1.54) is 6.07 Å². The second kappa shape index (κ2) is 6.74. The molecule has 3 rings (SSSR count). The van der Waals surface area contributed by atoms with Gasteiger partial charge in [0.1, 0.15) is 16.5 Å². The molecule has 0 saturated carbocycles. The molecule has 27 heavy (non-hydrogen) atoms. The van der Waals surface area contributed by atoms with E-state index in [1.807, 2.05) is 0 Å². The number of furan rings is 1. The number of hydrogen-bond donors (Lipinski definition) is 1. The highest BCUT2D eigenvalue weighted by Gasteiger charge is 2.42. The maximum absolute atomic E-state index is 12.5. The molecule has 1 aromatic heterocycles. The number of nitrogens with zero attached hydrogens (tertiary/aromatic N) is 4. The predicted molar refractivity (Wildman–Crippen MR) is 99.0 cm³/mol. The molecule has 0 fully saturated rings. The summed E-state index contributed by atoms with van der Waals surface area (Å²) in [4.78, 5) is 26.9. The van der Waals surface area contributed by atoms with Crippen molar-refractivity contribution in [2.45, 2.75) is 13.8 Å². The summed E-state index contributed by atoms with van der Waals surface area (Å²) in [5.74, 6) is -2.15. The molecule has 1 aromatic rings. The Morgan fingerprint density at radius 1 is 1.44 bits per heavy atom. The van der Waals surface area contributed by atoms with Gasteiger partial charge in [-0.05, 0) is 18.1 Å². The molecule has 3 heterocycles. The molecule has 1 amide bonds. The Bertz CT molecular complexity index is 1050. The van der Waals surface area contributed by atoms with Crippen molar-refractivity contribution in [3.8, 4) is 0 Å². The van der Waals surface area contributed by atoms with Crippen molar-refractivity contribution in [3.63, 3.8) is 0 Å². The van der Waals surface area contributed by atoms with E-state index in [0.717, 1.165) is 17.0 Å². The third-order valence-corrected chi connectivity index (χ3v) is 6.16. The second-order valence-electron chi connectivity index (χ2n) is 6.02. The van der Waals surface area contributed by atoms with Gasteiger partial charge < -0.3 is 4.42 Å². The highest BCUT2D eigenvalue weighted by Crippen LogP contribution is 2.31. The first kappa shape index (κ1) is 19.0. The van der Waals surface area contributed by atoms with E-state index in [9.17, 15) is 23.3 Å². The van der Waals surface area contributed by atoms with Crippen LogP contribution >= 0.6 is 11.9 Å². The van der Waals surface area contributed by atoms with E-state index >= 15 is 0 Å². The maximum atomic E-state index is 12.5. The van der Waals surface area contributed by atoms with E-state index in [-0.39, 0.29) is 33.3 Å². The summed E-state index contributed by atoms with van der Waals surface area (Å²) in [7, 11) is -3.80. The zero-order chi connectivity index (χ0) is 19.9. The van der Waals surface area contributed by atoms with Crippen molar-refractivity contribution < 1.29 is 22.6 Å². The van der Waals surface area contributed by atoms with Crippen molar-refractivity contribution in [3.05, 3.63) is 33.6 Å². The van der Waals surface area contributed by atoms with Crippen molar-refractivity contribution in [1.29, 1.82) is 5.41 Å². The summed E-state index contributed by atoms with van der Waals surface area (Å²) < 4.78 is 33.9. The molecule has 0 spiro atoms. The number of carbonyl (C=O) groups excluding carboxylic acids is 1. The van der Waals surface area contributed by atoms with Crippen molar-refractivity contribution >= 4 is 55.8 Å². The molecular weight excluding hydrogens is 398 g/mol. The van der Waals surface area contributed by atoms with Crippen LogP contribution in [0.5, 0.6) is 0 Å². The average Bonchev–Trinajstić information content (AvgIpc) is 3.17. The fourth-order valence-electron chi connectivity index (χ4n) is 2.37. The first-order chi connectivity index (χ1) is 12.6. The number of sulfone groups is 1. The summed E-state index contributed by atoms with van der Waals surface area (Å²) in [6.07, 6.45) is 1.10. The normalized spacial score (nSPS) is 18.8. The largest absolute Gasteiger partial charge is 0.433 e. The molecule has 0 aromatic carbocycles. The van der Waals surface area contributed by atoms with E-state index < -0.39 is 32.4 Å². The Balaban J connectivity index is 1.98. The number of aliphatic imine (C=N–C) groups is 1. The van der Waals surface area contributed by atoms with Crippen LogP contribution in [0.2, 0.25) is 0 Å². The van der Waals surface area contributed by atoms with Gasteiger partial charge in [-0.3, -0.25) is 20.3 Å². The molecular formula is C14H13N5O6S2. The van der Waals surface area contributed by atoms with Crippen LogP contribution in [-0.4, -0.2) is 46.1 Å². The minimum absolute atomic E-state index is 0.0325. The molecule has 0 bridgehead atoms. The number of fused-ring (bicyclic) bond motifs is 1. The number of hydrogen-bond acceptors (Lipinski definition) is 9. The van der Waals surface area contributed by atoms with Gasteiger partial charge in [0.25, 0.3) is 5.91 Å². The molecule has 13 heteroatoms. The van der Waals surface area contributed by atoms with Crippen LogP contribution in [0.1, 0.15) is 19.6 Å². The zero-order valence-electron chi connectivity index (χ0n) is 14.1. The van der Waals surface area contributed by atoms with Gasteiger partial charge in [-0.15, -0.1) is 0 Å². The van der Waals surface area contributed by atoms with E-state index in [1.54, 1.807) is 13.8 Å². The van der Waals surface area contributed by atoms with Gasteiger partial charge in [-0.1, -0.05) is 13.8 Å². The van der Waals surface area contributed by atoms with Gasteiger partial charge in [0, 0.05) is 0 Å². The monoisotopic (exact) mass is 411 g/mol.